The second kappa shape index (κ2) is 3.42. The molecule has 3 heteroatoms. The predicted octanol–water partition coefficient (Wildman–Crippen LogP) is 1.93. The second-order valence-corrected chi connectivity index (χ2v) is 3.37. The highest BCUT2D eigenvalue weighted by Crippen LogP contribution is 2.28. The van der Waals surface area contributed by atoms with Gasteiger partial charge >= 0.3 is 0 Å². The van der Waals surface area contributed by atoms with Crippen molar-refractivity contribution in [2.45, 2.75) is 20.1 Å². The maximum atomic E-state index is 11.3. The van der Waals surface area contributed by atoms with Gasteiger partial charge in [0.2, 0.25) is 0 Å². The van der Waals surface area contributed by atoms with Crippen molar-refractivity contribution in [1.82, 2.24) is 0 Å². The molecule has 0 N–H and O–H groups in total. The molecule has 1 aliphatic rings. The molecule has 0 unspecified atom stereocenters. The zero-order valence-electron chi connectivity index (χ0n) is 8.29. The van der Waals surface area contributed by atoms with Gasteiger partial charge in [0.1, 0.15) is 5.75 Å². The van der Waals surface area contributed by atoms with Gasteiger partial charge in [-0.25, -0.2) is 0 Å². The molecule has 2 rings (SSSR count). The van der Waals surface area contributed by atoms with Crippen LogP contribution in [-0.4, -0.2) is 12.9 Å². The lowest BCUT2D eigenvalue weighted by Gasteiger charge is -2.07. The molecule has 0 aliphatic carbocycles. The number of hydrogen-bond acceptors (Lipinski definition) is 3. The quantitative estimate of drug-likeness (QED) is 0.671. The first-order chi connectivity index (χ1) is 6.72. The standard InChI is InChI=1S/C11H12O3/c1-7(12)10-3-8-5-14-6-9(8)4-11(10)13-2/h3-4H,5-6H2,1-2H3. The number of Topliss-reactive ketones (excluding diaryl/α,β-unsaturated/α-hetero) is 1. The molecular weight excluding hydrogens is 180 g/mol. The molecule has 0 saturated heterocycles. The van der Waals surface area contributed by atoms with Crippen molar-refractivity contribution in [2.24, 2.45) is 0 Å². The Morgan fingerprint density at radius 1 is 1.36 bits per heavy atom. The van der Waals surface area contributed by atoms with E-state index >= 15 is 0 Å². The number of rotatable bonds is 2. The molecule has 0 aromatic heterocycles. The minimum Gasteiger partial charge on any atom is -0.496 e. The molecule has 74 valence electrons. The summed E-state index contributed by atoms with van der Waals surface area (Å²) < 4.78 is 10.4. The highest BCUT2D eigenvalue weighted by molar-refractivity contribution is 5.97. The molecule has 0 spiro atoms. The van der Waals surface area contributed by atoms with E-state index in [0.717, 1.165) is 11.1 Å². The number of carbonyl (C=O) groups excluding carboxylic acids is 1. The van der Waals surface area contributed by atoms with Gasteiger partial charge in [0, 0.05) is 0 Å². The maximum Gasteiger partial charge on any atom is 0.163 e. The van der Waals surface area contributed by atoms with E-state index in [-0.39, 0.29) is 5.78 Å². The van der Waals surface area contributed by atoms with Gasteiger partial charge in [0.05, 0.1) is 25.9 Å². The fourth-order valence-corrected chi connectivity index (χ4v) is 1.65. The van der Waals surface area contributed by atoms with E-state index in [0.29, 0.717) is 24.5 Å². The highest BCUT2D eigenvalue weighted by Gasteiger charge is 2.17. The first-order valence-corrected chi connectivity index (χ1v) is 4.51. The number of ether oxygens (including phenoxy) is 2. The molecule has 0 atom stereocenters. The van der Waals surface area contributed by atoms with E-state index < -0.39 is 0 Å². The summed E-state index contributed by atoms with van der Waals surface area (Å²) >= 11 is 0. The predicted molar refractivity (Wildman–Crippen MR) is 51.5 cm³/mol. The van der Waals surface area contributed by atoms with Gasteiger partial charge < -0.3 is 9.47 Å². The Kier molecular flexibility index (Phi) is 2.25. The van der Waals surface area contributed by atoms with Crippen molar-refractivity contribution in [3.05, 3.63) is 28.8 Å². The Morgan fingerprint density at radius 2 is 2.00 bits per heavy atom. The number of hydrogen-bond donors (Lipinski definition) is 0. The molecule has 1 aromatic rings. The van der Waals surface area contributed by atoms with E-state index in [4.69, 9.17) is 9.47 Å². The van der Waals surface area contributed by atoms with Crippen LogP contribution in [0.1, 0.15) is 28.4 Å². The van der Waals surface area contributed by atoms with E-state index in [1.54, 1.807) is 14.0 Å². The van der Waals surface area contributed by atoms with E-state index in [2.05, 4.69) is 0 Å². The van der Waals surface area contributed by atoms with Crippen molar-refractivity contribution in [3.63, 3.8) is 0 Å². The van der Waals surface area contributed by atoms with Crippen LogP contribution < -0.4 is 4.74 Å². The number of ketones is 1. The van der Waals surface area contributed by atoms with Crippen LogP contribution in [0.25, 0.3) is 0 Å². The van der Waals surface area contributed by atoms with Crippen LogP contribution in [0, 0.1) is 0 Å². The van der Waals surface area contributed by atoms with Crippen LogP contribution in [0.15, 0.2) is 12.1 Å². The van der Waals surface area contributed by atoms with Gasteiger partial charge in [-0.3, -0.25) is 4.79 Å². The summed E-state index contributed by atoms with van der Waals surface area (Å²) in [6, 6.07) is 3.75. The Morgan fingerprint density at radius 3 is 2.57 bits per heavy atom. The van der Waals surface area contributed by atoms with Gasteiger partial charge in [-0.15, -0.1) is 0 Å². The maximum absolute atomic E-state index is 11.3. The molecule has 1 heterocycles. The van der Waals surface area contributed by atoms with Gasteiger partial charge in [0.15, 0.2) is 5.78 Å². The molecule has 14 heavy (non-hydrogen) atoms. The van der Waals surface area contributed by atoms with Gasteiger partial charge in [0.25, 0.3) is 0 Å². The Hall–Kier alpha value is -1.35. The minimum atomic E-state index is 0.0246. The lowest BCUT2D eigenvalue weighted by atomic mass is 10.0. The zero-order valence-corrected chi connectivity index (χ0v) is 8.29. The molecule has 1 aliphatic heterocycles. The lowest BCUT2D eigenvalue weighted by Crippen LogP contribution is -1.99. The van der Waals surface area contributed by atoms with Gasteiger partial charge in [-0.2, -0.15) is 0 Å². The lowest BCUT2D eigenvalue weighted by molar-refractivity contribution is 0.101. The number of fused-ring (bicyclic) bond motifs is 1. The smallest absolute Gasteiger partial charge is 0.163 e. The Bertz CT molecular complexity index is 382. The van der Waals surface area contributed by atoms with Crippen molar-refractivity contribution in [3.8, 4) is 5.75 Å². The highest BCUT2D eigenvalue weighted by atomic mass is 16.5. The average molecular weight is 192 g/mol. The Balaban J connectivity index is 2.54. The van der Waals surface area contributed by atoms with Crippen molar-refractivity contribution < 1.29 is 14.3 Å². The van der Waals surface area contributed by atoms with Crippen molar-refractivity contribution in [2.75, 3.05) is 7.11 Å². The SMILES string of the molecule is COc1cc2c(cc1C(C)=O)COC2. The number of carbonyl (C=O) groups is 1. The van der Waals surface area contributed by atoms with Gasteiger partial charge in [-0.1, -0.05) is 0 Å². The average Bonchev–Trinajstić information content (AvgIpc) is 2.62. The van der Waals surface area contributed by atoms with Crippen LogP contribution in [-0.2, 0) is 18.0 Å². The molecule has 0 amide bonds. The first-order valence-electron chi connectivity index (χ1n) is 4.51. The van der Waals surface area contributed by atoms with Crippen LogP contribution in [0.3, 0.4) is 0 Å². The minimum absolute atomic E-state index is 0.0246. The zero-order chi connectivity index (χ0) is 10.1. The normalized spacial score (nSPS) is 13.9. The summed E-state index contributed by atoms with van der Waals surface area (Å²) in [5, 5.41) is 0. The van der Waals surface area contributed by atoms with E-state index in [1.807, 2.05) is 12.1 Å². The summed E-state index contributed by atoms with van der Waals surface area (Å²) in [7, 11) is 1.57. The molecule has 0 fully saturated rings. The van der Waals surface area contributed by atoms with Crippen LogP contribution in [0.4, 0.5) is 0 Å². The summed E-state index contributed by atoms with van der Waals surface area (Å²) in [6.07, 6.45) is 0. The molecule has 0 radical (unpaired) electrons. The molecule has 0 bridgehead atoms. The summed E-state index contributed by atoms with van der Waals surface area (Å²) in [5.74, 6) is 0.665. The molecule has 1 aromatic carbocycles. The largest absolute Gasteiger partial charge is 0.496 e. The van der Waals surface area contributed by atoms with Crippen molar-refractivity contribution in [1.29, 1.82) is 0 Å². The van der Waals surface area contributed by atoms with E-state index in [9.17, 15) is 4.79 Å². The summed E-state index contributed by atoms with van der Waals surface area (Å²) in [6.45, 7) is 2.75. The summed E-state index contributed by atoms with van der Waals surface area (Å²) in [4.78, 5) is 11.3. The fourth-order valence-electron chi connectivity index (χ4n) is 1.65. The van der Waals surface area contributed by atoms with Crippen LogP contribution >= 0.6 is 0 Å². The third-order valence-corrected chi connectivity index (χ3v) is 2.42. The van der Waals surface area contributed by atoms with Gasteiger partial charge in [-0.05, 0) is 30.2 Å². The topological polar surface area (TPSA) is 35.5 Å². The fraction of sp³-hybridized carbons (Fsp3) is 0.364. The Labute approximate surface area is 82.6 Å². The third kappa shape index (κ3) is 1.40. The third-order valence-electron chi connectivity index (χ3n) is 2.42. The van der Waals surface area contributed by atoms with Crippen LogP contribution in [0.5, 0.6) is 5.75 Å². The molecule has 3 nitrogen and oxygen atoms in total. The van der Waals surface area contributed by atoms with Crippen molar-refractivity contribution >= 4 is 5.78 Å². The number of methoxy groups -OCH3 is 1. The number of benzene rings is 1. The first kappa shape index (κ1) is 9.21. The monoisotopic (exact) mass is 192 g/mol. The molecular formula is C11H12O3. The van der Waals surface area contributed by atoms with Crippen LogP contribution in [0.2, 0.25) is 0 Å². The molecule has 0 saturated carbocycles. The van der Waals surface area contributed by atoms with E-state index in [1.165, 1.54) is 0 Å². The summed E-state index contributed by atoms with van der Waals surface area (Å²) in [5.41, 5.74) is 2.85. The second-order valence-electron chi connectivity index (χ2n) is 3.37.